The molecule has 0 spiro atoms. The van der Waals surface area contributed by atoms with Gasteiger partial charge in [0.1, 0.15) is 0 Å². The van der Waals surface area contributed by atoms with Gasteiger partial charge in [-0.3, -0.25) is 0 Å². The van der Waals surface area contributed by atoms with Gasteiger partial charge in [-0.25, -0.2) is 0 Å². The van der Waals surface area contributed by atoms with Gasteiger partial charge in [-0.2, -0.15) is 31.3 Å². The standard InChI is InChI=1S/C19H20ClN5.C16H14BrN5O.C16H14BrN5S.C16H14BrN5.C15H13N5O.C15H13N5S/c1-12-4-6-16-14(10-12)19(2,3)15-11-13(20)5-7-17(15)25(16)9-8-18-21-23-24-22-18;2*1-10-2-4-12-14(8-10)23-15-9-11(17)3-5-13(15)22(12)7-6-16-18-20-21-19-16;1-10-2-4-12-13-5-3-11(17)9-15(13)22(14(12)8-10)7-6-16-18-20-21-19-16;2*1-3-7-13-11(5-1)20(10-9-15-16-18-19-17-15)12-6-2-4-8-14(12)21-13/h4-7,10-11H,8-9H2,1-3H3,(H,21,22,23,24);2*2-5,8-9H,6-7H2,1H3,(H,18,19,20,21);2-5,8-9H,6-7H2,1H3,(H,18,19,20,21);2*1-8H,9-10H2,(H,16,17,18,19). The molecular formula is C97H88Br3ClN30O2S2. The minimum atomic E-state index is -0.107. The maximum atomic E-state index is 6.32. The van der Waals surface area contributed by atoms with Gasteiger partial charge < -0.3 is 38.5 Å². The van der Waals surface area contributed by atoms with Crippen molar-refractivity contribution in [2.45, 2.75) is 112 Å². The van der Waals surface area contributed by atoms with Crippen LogP contribution >= 0.6 is 82.9 Å². The second-order valence-electron chi connectivity index (χ2n) is 32.8. The molecule has 38 heteroatoms. The molecule has 12 heterocycles. The van der Waals surface area contributed by atoms with Gasteiger partial charge in [0.2, 0.25) is 0 Å². The monoisotopic (exact) mass is 2040 g/mol. The van der Waals surface area contributed by atoms with Crippen LogP contribution < -0.4 is 34.0 Å². The number of aromatic nitrogens is 25. The normalized spacial score (nSPS) is 12.9. The molecule has 5 aliphatic heterocycles. The van der Waals surface area contributed by atoms with E-state index in [-0.39, 0.29) is 5.41 Å². The minimum Gasteiger partial charge on any atom is -0.453 e. The van der Waals surface area contributed by atoms with Crippen molar-refractivity contribution in [1.82, 2.24) is 128 Å². The van der Waals surface area contributed by atoms with Crippen LogP contribution in [-0.4, -0.2) is 161 Å². The second-order valence-corrected chi connectivity index (χ2v) is 38.2. The molecule has 0 radical (unpaired) electrons. The molecular weight excluding hydrogens is 1960 g/mol. The molecule has 0 unspecified atom stereocenters. The van der Waals surface area contributed by atoms with E-state index in [1.807, 2.05) is 78.1 Å². The Kier molecular flexibility index (Phi) is 27.2. The van der Waals surface area contributed by atoms with Crippen LogP contribution in [0.15, 0.2) is 276 Å². The maximum absolute atomic E-state index is 6.32. The van der Waals surface area contributed by atoms with Crippen molar-refractivity contribution >= 4 is 162 Å². The number of nitrogens with one attached hydrogen (secondary N) is 6. The predicted octanol–water partition coefficient (Wildman–Crippen LogP) is 21.4. The highest BCUT2D eigenvalue weighted by Gasteiger charge is 2.37. The third kappa shape index (κ3) is 20.4. The Morgan fingerprint density at radius 1 is 0.296 bits per heavy atom. The van der Waals surface area contributed by atoms with E-state index in [2.05, 4.69) is 430 Å². The van der Waals surface area contributed by atoms with Crippen LogP contribution in [0.1, 0.15) is 82.2 Å². The summed E-state index contributed by atoms with van der Waals surface area (Å²) < 4.78 is 17.5. The minimum absolute atomic E-state index is 0.107. The molecule has 0 fully saturated rings. The number of rotatable bonds is 18. The highest BCUT2D eigenvalue weighted by atomic mass is 79.9. The van der Waals surface area contributed by atoms with E-state index in [1.54, 1.807) is 0 Å². The van der Waals surface area contributed by atoms with Gasteiger partial charge in [0.05, 0.1) is 51.0 Å². The summed E-state index contributed by atoms with van der Waals surface area (Å²) in [6.07, 6.45) is 4.36. The molecule has 19 aromatic rings. The number of halogens is 4. The molecule has 678 valence electrons. The molecule has 12 aromatic carbocycles. The smallest absolute Gasteiger partial charge is 0.176 e. The molecule has 6 N–H and O–H groups in total. The van der Waals surface area contributed by atoms with Crippen molar-refractivity contribution in [2.24, 2.45) is 0 Å². The first-order valence-corrected chi connectivity index (χ1v) is 48.0. The SMILES string of the molecule is Cc1ccc2c(c1)C(C)(C)c1cc(Cl)ccc1N2CCc1nn[nH]n1.Cc1ccc2c(c1)Oc1cc(Br)ccc1N2CCc1nn[nH]n1.Cc1ccc2c(c1)Sc1cc(Br)ccc1N2CCc1nn[nH]n1.Cc1ccc2c3ccc(Br)cc3n(CCc3nn[nH]n3)c2c1.c1ccc2c(c1)Oc1ccccc1N2CCc1nn[nH]n1.c1ccc2c(c1)Sc1ccccc1N2CCc1nn[nH]n1. The van der Waals surface area contributed by atoms with Crippen molar-refractivity contribution in [3.8, 4) is 23.0 Å². The number of tetrazole rings is 6. The molecule has 0 amide bonds. The summed E-state index contributed by atoms with van der Waals surface area (Å²) in [6, 6.07) is 84.1. The van der Waals surface area contributed by atoms with E-state index in [1.165, 1.54) is 109 Å². The molecule has 0 atom stereocenters. The van der Waals surface area contributed by atoms with Gasteiger partial charge in [-0.1, -0.05) is 225 Å². The zero-order valence-corrected chi connectivity index (χ0v) is 81.1. The number of nitrogens with zero attached hydrogens (tertiary/aromatic N) is 24. The lowest BCUT2D eigenvalue weighted by Crippen LogP contribution is -2.34. The number of aromatic amines is 6. The third-order valence-electron chi connectivity index (χ3n) is 23.5. The van der Waals surface area contributed by atoms with Crippen LogP contribution in [0.4, 0.5) is 56.9 Å². The summed E-state index contributed by atoms with van der Waals surface area (Å²) in [7, 11) is 0. The summed E-state index contributed by atoms with van der Waals surface area (Å²) >= 11 is 20.6. The number of aryl methyl sites for hydroxylation is 6. The Morgan fingerprint density at radius 3 is 1.12 bits per heavy atom. The summed E-state index contributed by atoms with van der Waals surface area (Å²) in [5.41, 5.74) is 21.4. The van der Waals surface area contributed by atoms with Gasteiger partial charge in [0.15, 0.2) is 57.9 Å². The average molecular weight is 2050 g/mol. The number of benzene rings is 12. The third-order valence-corrected chi connectivity index (χ3v) is 27.4. The van der Waals surface area contributed by atoms with E-state index < -0.39 is 0 Å². The first kappa shape index (κ1) is 90.1. The summed E-state index contributed by atoms with van der Waals surface area (Å²) in [5, 5.41) is 88.5. The predicted molar refractivity (Wildman–Crippen MR) is 534 cm³/mol. The van der Waals surface area contributed by atoms with Crippen LogP contribution in [0.2, 0.25) is 5.02 Å². The molecule has 0 aliphatic carbocycles. The lowest BCUT2D eigenvalue weighted by Gasteiger charge is -2.42. The largest absolute Gasteiger partial charge is 0.453 e. The van der Waals surface area contributed by atoms with Crippen molar-refractivity contribution in [1.29, 1.82) is 0 Å². The molecule has 32 nitrogen and oxygen atoms in total. The molecule has 0 saturated heterocycles. The Labute approximate surface area is 814 Å². The Bertz CT molecular complexity index is 6740. The number of fused-ring (bicyclic) bond motifs is 13. The Hall–Kier alpha value is -14.1. The molecule has 0 saturated carbocycles. The number of ether oxygens (including phenoxy) is 2. The van der Waals surface area contributed by atoms with Gasteiger partial charge in [-0.15, -0.1) is 61.2 Å². The highest BCUT2D eigenvalue weighted by molar-refractivity contribution is 9.11. The van der Waals surface area contributed by atoms with Gasteiger partial charge >= 0.3 is 0 Å². The number of anilines is 10. The fourth-order valence-electron chi connectivity index (χ4n) is 17.0. The molecule has 135 heavy (non-hydrogen) atoms. The number of H-pyrrole nitrogens is 6. The van der Waals surface area contributed by atoms with Crippen LogP contribution in [0.3, 0.4) is 0 Å². The molecule has 5 aliphatic rings. The Morgan fingerprint density at radius 2 is 0.615 bits per heavy atom. The first-order valence-electron chi connectivity index (χ1n) is 43.6. The van der Waals surface area contributed by atoms with Gasteiger partial charge in [0.25, 0.3) is 0 Å². The number of para-hydroxylation sites is 6. The van der Waals surface area contributed by atoms with Crippen molar-refractivity contribution in [3.05, 3.63) is 329 Å². The van der Waals surface area contributed by atoms with E-state index >= 15 is 0 Å². The van der Waals surface area contributed by atoms with Crippen LogP contribution in [0.5, 0.6) is 23.0 Å². The maximum Gasteiger partial charge on any atom is 0.176 e. The fourth-order valence-corrected chi connectivity index (χ4v) is 20.7. The van der Waals surface area contributed by atoms with Crippen LogP contribution in [-0.2, 0) is 50.5 Å². The zero-order chi connectivity index (χ0) is 92.5. The highest BCUT2D eigenvalue weighted by Crippen LogP contribution is 2.54. The fraction of sp³-hybridized carbons (Fsp3) is 0.196. The average Bonchev–Trinajstić information content (AvgIpc) is 1.39. The first-order chi connectivity index (χ1) is 65.9. The number of hydrogen-bond donors (Lipinski definition) is 6. The van der Waals surface area contributed by atoms with Crippen LogP contribution in [0.25, 0.3) is 21.8 Å². The van der Waals surface area contributed by atoms with Crippen molar-refractivity contribution in [2.75, 3.05) is 57.2 Å². The summed E-state index contributed by atoms with van der Waals surface area (Å²) in [4.78, 5) is 16.6. The lowest BCUT2D eigenvalue weighted by atomic mass is 9.73. The number of hydrogen-bond acceptors (Lipinski definition) is 27. The van der Waals surface area contributed by atoms with E-state index in [4.69, 9.17) is 21.1 Å². The lowest BCUT2D eigenvalue weighted by molar-refractivity contribution is 0.472. The van der Waals surface area contributed by atoms with Crippen LogP contribution in [0, 0.1) is 27.7 Å². The second kappa shape index (κ2) is 40.8. The molecule has 7 aromatic heterocycles. The van der Waals surface area contributed by atoms with E-state index in [0.29, 0.717) is 36.7 Å². The van der Waals surface area contributed by atoms with Gasteiger partial charge in [-0.05, 0) is 207 Å². The molecule has 24 rings (SSSR count). The van der Waals surface area contributed by atoms with E-state index in [0.717, 1.165) is 140 Å². The van der Waals surface area contributed by atoms with Crippen molar-refractivity contribution in [3.63, 3.8) is 0 Å². The summed E-state index contributed by atoms with van der Waals surface area (Å²) in [5.74, 6) is 7.76. The van der Waals surface area contributed by atoms with Gasteiger partial charge in [0, 0.05) is 149 Å². The summed E-state index contributed by atoms with van der Waals surface area (Å²) in [6.45, 7) is 17.7. The zero-order valence-electron chi connectivity index (χ0n) is 74.0. The Balaban J connectivity index is 0.000000104. The van der Waals surface area contributed by atoms with E-state index in [9.17, 15) is 0 Å². The quantitative estimate of drug-likeness (QED) is 0.0465. The van der Waals surface area contributed by atoms with Crippen molar-refractivity contribution < 1.29 is 9.47 Å². The molecule has 0 bridgehead atoms. The topological polar surface area (TPSA) is 366 Å².